The minimum absolute atomic E-state index is 0. The lowest BCUT2D eigenvalue weighted by molar-refractivity contribution is 0.413. The highest BCUT2D eigenvalue weighted by Gasteiger charge is 2.15. The molecule has 90 valence electrons. The van der Waals surface area contributed by atoms with Gasteiger partial charge in [0.15, 0.2) is 0 Å². The average molecular weight is 222 g/mol. The van der Waals surface area contributed by atoms with Crippen LogP contribution in [-0.4, -0.2) is 20.2 Å². The maximum atomic E-state index is 5.24. The van der Waals surface area contributed by atoms with Gasteiger partial charge in [-0.2, -0.15) is 0 Å². The van der Waals surface area contributed by atoms with Gasteiger partial charge in [0.05, 0.1) is 7.11 Å². The summed E-state index contributed by atoms with van der Waals surface area (Å²) in [6.45, 7) is 4.69. The summed E-state index contributed by atoms with van der Waals surface area (Å²) in [5.74, 6) is 1.83. The largest absolute Gasteiger partial charge is 0.497 e. The van der Waals surface area contributed by atoms with E-state index in [2.05, 4.69) is 30.0 Å². The monoisotopic (exact) mass is 222 g/mol. The molecule has 3 N–H and O–H groups in total. The zero-order valence-electron chi connectivity index (χ0n) is 10.3. The Kier molecular flexibility index (Phi) is 4.62. The Morgan fingerprint density at radius 2 is 1.94 bits per heavy atom. The average Bonchev–Trinajstić information content (AvgIpc) is 2.30. The van der Waals surface area contributed by atoms with Crippen LogP contribution in [0, 0.1) is 5.92 Å². The van der Waals surface area contributed by atoms with E-state index in [0.717, 1.165) is 11.7 Å². The van der Waals surface area contributed by atoms with E-state index in [1.54, 1.807) is 7.11 Å². The smallest absolute Gasteiger partial charge is 0.120 e. The first-order chi connectivity index (χ1) is 7.29. The van der Waals surface area contributed by atoms with E-state index in [0.29, 0.717) is 0 Å². The van der Waals surface area contributed by atoms with Gasteiger partial charge in [-0.25, -0.2) is 0 Å². The molecule has 1 aromatic rings. The second-order valence-electron chi connectivity index (χ2n) is 4.37. The standard InChI is InChI=1S/C13H19NO.H3N/c1-11-6-8-14(9-7-11)12-4-3-5-13(10-12)15-2;/h3-5,10-11H,6-9H2,1-2H3;1H3. The molecule has 0 amide bonds. The fourth-order valence-corrected chi connectivity index (χ4v) is 2.07. The van der Waals surface area contributed by atoms with Crippen LogP contribution in [0.1, 0.15) is 19.8 Å². The molecule has 0 radical (unpaired) electrons. The molecule has 1 fully saturated rings. The lowest BCUT2D eigenvalue weighted by Crippen LogP contribution is -2.32. The van der Waals surface area contributed by atoms with Crippen LogP contribution >= 0.6 is 0 Å². The van der Waals surface area contributed by atoms with Crippen molar-refractivity contribution in [2.75, 3.05) is 25.1 Å². The van der Waals surface area contributed by atoms with Crippen LogP contribution in [0.25, 0.3) is 0 Å². The number of piperidine rings is 1. The fraction of sp³-hybridized carbons (Fsp3) is 0.538. The van der Waals surface area contributed by atoms with Crippen LogP contribution in [0.5, 0.6) is 5.75 Å². The van der Waals surface area contributed by atoms with Gasteiger partial charge in [-0.3, -0.25) is 0 Å². The summed E-state index contributed by atoms with van der Waals surface area (Å²) in [5, 5.41) is 0. The fourth-order valence-electron chi connectivity index (χ4n) is 2.07. The van der Waals surface area contributed by atoms with Gasteiger partial charge in [0.2, 0.25) is 0 Å². The highest BCUT2D eigenvalue weighted by molar-refractivity contribution is 5.50. The first kappa shape index (κ1) is 12.8. The van der Waals surface area contributed by atoms with Gasteiger partial charge in [-0.1, -0.05) is 13.0 Å². The molecule has 1 aliphatic heterocycles. The summed E-state index contributed by atoms with van der Waals surface area (Å²) in [6.07, 6.45) is 2.61. The Morgan fingerprint density at radius 3 is 2.56 bits per heavy atom. The van der Waals surface area contributed by atoms with Crippen molar-refractivity contribution in [3.8, 4) is 5.75 Å². The maximum absolute atomic E-state index is 5.24. The Hall–Kier alpha value is -1.22. The molecule has 0 spiro atoms. The topological polar surface area (TPSA) is 47.5 Å². The van der Waals surface area contributed by atoms with E-state index in [9.17, 15) is 0 Å². The Morgan fingerprint density at radius 1 is 1.25 bits per heavy atom. The second-order valence-corrected chi connectivity index (χ2v) is 4.37. The van der Waals surface area contributed by atoms with Gasteiger partial charge in [0, 0.05) is 24.8 Å². The van der Waals surface area contributed by atoms with Crippen LogP contribution < -0.4 is 15.8 Å². The number of nitrogens with zero attached hydrogens (tertiary/aromatic N) is 1. The Balaban J connectivity index is 0.00000128. The van der Waals surface area contributed by atoms with Gasteiger partial charge in [-0.15, -0.1) is 0 Å². The molecule has 0 atom stereocenters. The lowest BCUT2D eigenvalue weighted by atomic mass is 9.99. The minimum atomic E-state index is 0. The lowest BCUT2D eigenvalue weighted by Gasteiger charge is -2.32. The molecule has 16 heavy (non-hydrogen) atoms. The molecule has 0 saturated carbocycles. The zero-order valence-corrected chi connectivity index (χ0v) is 10.3. The molecule has 1 aliphatic rings. The van der Waals surface area contributed by atoms with Crippen LogP contribution in [0.3, 0.4) is 0 Å². The van der Waals surface area contributed by atoms with Crippen molar-refractivity contribution in [2.24, 2.45) is 5.92 Å². The first-order valence-corrected chi connectivity index (χ1v) is 5.68. The summed E-state index contributed by atoms with van der Waals surface area (Å²) in [5.41, 5.74) is 1.29. The van der Waals surface area contributed by atoms with Crippen molar-refractivity contribution in [1.29, 1.82) is 0 Å². The molecule has 0 aliphatic carbocycles. The van der Waals surface area contributed by atoms with Gasteiger partial charge < -0.3 is 15.8 Å². The van der Waals surface area contributed by atoms with Gasteiger partial charge in [-0.05, 0) is 30.9 Å². The van der Waals surface area contributed by atoms with E-state index in [4.69, 9.17) is 4.74 Å². The van der Waals surface area contributed by atoms with E-state index < -0.39 is 0 Å². The summed E-state index contributed by atoms with van der Waals surface area (Å²) in [4.78, 5) is 2.45. The van der Waals surface area contributed by atoms with E-state index in [1.807, 2.05) is 6.07 Å². The Labute approximate surface area is 98.0 Å². The maximum Gasteiger partial charge on any atom is 0.120 e. The van der Waals surface area contributed by atoms with Gasteiger partial charge >= 0.3 is 0 Å². The summed E-state index contributed by atoms with van der Waals surface area (Å²) < 4.78 is 5.24. The molecule has 3 heteroatoms. The van der Waals surface area contributed by atoms with Crippen molar-refractivity contribution in [3.05, 3.63) is 24.3 Å². The van der Waals surface area contributed by atoms with Gasteiger partial charge in [0.25, 0.3) is 0 Å². The molecule has 1 saturated heterocycles. The predicted octanol–water partition coefficient (Wildman–Crippen LogP) is 3.09. The van der Waals surface area contributed by atoms with Crippen LogP contribution in [0.2, 0.25) is 0 Å². The van der Waals surface area contributed by atoms with Crippen LogP contribution in [0.4, 0.5) is 5.69 Å². The molecule has 0 unspecified atom stereocenters. The second kappa shape index (κ2) is 5.75. The number of ether oxygens (including phenoxy) is 1. The molecule has 0 bridgehead atoms. The molecule has 2 rings (SSSR count). The number of hydrogen-bond acceptors (Lipinski definition) is 3. The summed E-state index contributed by atoms with van der Waals surface area (Å²) in [7, 11) is 1.72. The number of hydrogen-bond donors (Lipinski definition) is 1. The highest BCUT2D eigenvalue weighted by Crippen LogP contribution is 2.25. The number of rotatable bonds is 2. The molecular formula is C13H22N2O. The zero-order chi connectivity index (χ0) is 10.7. The van der Waals surface area contributed by atoms with Crippen molar-refractivity contribution in [1.82, 2.24) is 6.15 Å². The number of anilines is 1. The van der Waals surface area contributed by atoms with Crippen LogP contribution in [0.15, 0.2) is 24.3 Å². The van der Waals surface area contributed by atoms with E-state index in [1.165, 1.54) is 31.6 Å². The third kappa shape index (κ3) is 2.89. The SMILES string of the molecule is COc1cccc(N2CCC(C)CC2)c1.N. The third-order valence-electron chi connectivity index (χ3n) is 3.20. The molecule has 0 aromatic heterocycles. The molecular weight excluding hydrogens is 200 g/mol. The number of methoxy groups -OCH3 is 1. The summed E-state index contributed by atoms with van der Waals surface area (Å²) in [6, 6.07) is 8.34. The van der Waals surface area contributed by atoms with E-state index in [-0.39, 0.29) is 6.15 Å². The summed E-state index contributed by atoms with van der Waals surface area (Å²) >= 11 is 0. The number of benzene rings is 1. The third-order valence-corrected chi connectivity index (χ3v) is 3.20. The first-order valence-electron chi connectivity index (χ1n) is 5.68. The van der Waals surface area contributed by atoms with E-state index >= 15 is 0 Å². The minimum Gasteiger partial charge on any atom is -0.497 e. The van der Waals surface area contributed by atoms with Gasteiger partial charge in [0.1, 0.15) is 5.75 Å². The quantitative estimate of drug-likeness (QED) is 0.836. The highest BCUT2D eigenvalue weighted by atomic mass is 16.5. The van der Waals surface area contributed by atoms with Crippen molar-refractivity contribution in [2.45, 2.75) is 19.8 Å². The Bertz CT molecular complexity index is 319. The molecule has 1 heterocycles. The van der Waals surface area contributed by atoms with Crippen molar-refractivity contribution >= 4 is 5.69 Å². The normalized spacial score (nSPS) is 16.8. The van der Waals surface area contributed by atoms with Crippen LogP contribution in [-0.2, 0) is 0 Å². The van der Waals surface area contributed by atoms with Crippen molar-refractivity contribution < 1.29 is 4.74 Å². The predicted molar refractivity (Wildman–Crippen MR) is 68.6 cm³/mol. The molecule has 1 aromatic carbocycles. The van der Waals surface area contributed by atoms with Crippen molar-refractivity contribution in [3.63, 3.8) is 0 Å². The molecule has 3 nitrogen and oxygen atoms in total.